The molecule has 0 aliphatic heterocycles. The van der Waals surface area contributed by atoms with E-state index in [4.69, 9.17) is 10.8 Å². The molecule has 3 N–H and O–H groups in total. The quantitative estimate of drug-likeness (QED) is 0.628. The maximum atomic E-state index is 8.53. The first-order chi connectivity index (χ1) is 5.36. The van der Waals surface area contributed by atoms with Crippen LogP contribution in [0.5, 0.6) is 0 Å². The number of aromatic nitrogens is 2. The summed E-state index contributed by atoms with van der Waals surface area (Å²) in [5.41, 5.74) is 6.42. The number of aliphatic hydroxyl groups is 1. The van der Waals surface area contributed by atoms with Gasteiger partial charge in [-0.1, -0.05) is 0 Å². The van der Waals surface area contributed by atoms with Crippen molar-refractivity contribution in [1.29, 1.82) is 0 Å². The molecular weight excluding hydrogens is 142 g/mol. The lowest BCUT2D eigenvalue weighted by atomic mass is 10.4. The molecule has 4 heteroatoms. The van der Waals surface area contributed by atoms with Crippen molar-refractivity contribution in [2.75, 3.05) is 6.61 Å². The van der Waals surface area contributed by atoms with Gasteiger partial charge in [-0.25, -0.2) is 0 Å². The summed E-state index contributed by atoms with van der Waals surface area (Å²) in [6.45, 7) is 1.49. The number of rotatable bonds is 4. The number of nitrogens with two attached hydrogens (primary N) is 1. The Kier molecular flexibility index (Phi) is 3.07. The van der Waals surface area contributed by atoms with Crippen molar-refractivity contribution in [3.63, 3.8) is 0 Å². The SMILES string of the molecule is NCc1cnn(CCCO)c1. The first-order valence-electron chi connectivity index (χ1n) is 3.69. The second-order valence-electron chi connectivity index (χ2n) is 2.39. The minimum atomic E-state index is 0.206. The average molecular weight is 155 g/mol. The minimum absolute atomic E-state index is 0.206. The fourth-order valence-corrected chi connectivity index (χ4v) is 0.867. The third-order valence-electron chi connectivity index (χ3n) is 1.47. The summed E-state index contributed by atoms with van der Waals surface area (Å²) >= 11 is 0. The van der Waals surface area contributed by atoms with Crippen LogP contribution in [-0.4, -0.2) is 21.5 Å². The number of hydrogen-bond acceptors (Lipinski definition) is 3. The van der Waals surface area contributed by atoms with E-state index in [9.17, 15) is 0 Å². The predicted octanol–water partition coefficient (Wildman–Crippen LogP) is -0.276. The first kappa shape index (κ1) is 8.23. The van der Waals surface area contributed by atoms with Gasteiger partial charge in [-0.05, 0) is 6.42 Å². The third-order valence-corrected chi connectivity index (χ3v) is 1.47. The summed E-state index contributed by atoms with van der Waals surface area (Å²) in [6.07, 6.45) is 4.39. The maximum Gasteiger partial charge on any atom is 0.0534 e. The molecule has 62 valence electrons. The molecule has 0 saturated heterocycles. The van der Waals surface area contributed by atoms with Gasteiger partial charge in [0, 0.05) is 31.5 Å². The average Bonchev–Trinajstić information content (AvgIpc) is 2.48. The summed E-state index contributed by atoms with van der Waals surface area (Å²) in [5, 5.41) is 12.6. The van der Waals surface area contributed by atoms with Crippen LogP contribution in [0.1, 0.15) is 12.0 Å². The van der Waals surface area contributed by atoms with Crippen molar-refractivity contribution in [2.45, 2.75) is 19.5 Å². The normalized spacial score (nSPS) is 10.4. The van der Waals surface area contributed by atoms with Crippen molar-refractivity contribution in [3.05, 3.63) is 18.0 Å². The van der Waals surface area contributed by atoms with Crippen LogP contribution in [0.15, 0.2) is 12.4 Å². The van der Waals surface area contributed by atoms with Gasteiger partial charge in [-0.2, -0.15) is 5.10 Å². The molecule has 0 unspecified atom stereocenters. The third kappa shape index (κ3) is 2.32. The molecule has 11 heavy (non-hydrogen) atoms. The summed E-state index contributed by atoms with van der Waals surface area (Å²) < 4.78 is 1.79. The Hall–Kier alpha value is -0.870. The van der Waals surface area contributed by atoms with Crippen LogP contribution in [0.25, 0.3) is 0 Å². The Morgan fingerprint density at radius 3 is 3.00 bits per heavy atom. The van der Waals surface area contributed by atoms with Gasteiger partial charge in [0.2, 0.25) is 0 Å². The number of aliphatic hydroxyl groups excluding tert-OH is 1. The van der Waals surface area contributed by atoms with Crippen LogP contribution in [0.2, 0.25) is 0 Å². The molecule has 0 fully saturated rings. The van der Waals surface area contributed by atoms with E-state index >= 15 is 0 Å². The molecule has 1 aromatic rings. The lowest BCUT2D eigenvalue weighted by Crippen LogP contribution is -2.00. The fraction of sp³-hybridized carbons (Fsp3) is 0.571. The van der Waals surface area contributed by atoms with E-state index in [0.29, 0.717) is 6.54 Å². The zero-order chi connectivity index (χ0) is 8.10. The molecule has 0 radical (unpaired) electrons. The number of hydrogen-bond donors (Lipinski definition) is 2. The zero-order valence-electron chi connectivity index (χ0n) is 6.40. The fourth-order valence-electron chi connectivity index (χ4n) is 0.867. The van der Waals surface area contributed by atoms with E-state index < -0.39 is 0 Å². The summed E-state index contributed by atoms with van der Waals surface area (Å²) in [5.74, 6) is 0. The molecule has 0 aliphatic rings. The first-order valence-corrected chi connectivity index (χ1v) is 3.69. The molecule has 1 aromatic heterocycles. The molecule has 1 rings (SSSR count). The number of aryl methyl sites for hydroxylation is 1. The van der Waals surface area contributed by atoms with E-state index in [1.54, 1.807) is 10.9 Å². The molecule has 4 nitrogen and oxygen atoms in total. The van der Waals surface area contributed by atoms with E-state index in [0.717, 1.165) is 18.5 Å². The molecule has 1 heterocycles. The van der Waals surface area contributed by atoms with Crippen molar-refractivity contribution in [3.8, 4) is 0 Å². The van der Waals surface area contributed by atoms with Crippen LogP contribution in [0.3, 0.4) is 0 Å². The monoisotopic (exact) mass is 155 g/mol. The maximum absolute atomic E-state index is 8.53. The van der Waals surface area contributed by atoms with E-state index in [1.807, 2.05) is 6.20 Å². The van der Waals surface area contributed by atoms with Crippen molar-refractivity contribution >= 4 is 0 Å². The van der Waals surface area contributed by atoms with Crippen LogP contribution < -0.4 is 5.73 Å². The highest BCUT2D eigenvalue weighted by molar-refractivity contribution is 5.02. The highest BCUT2D eigenvalue weighted by atomic mass is 16.3. The Balaban J connectivity index is 2.44. The topological polar surface area (TPSA) is 64.1 Å². The van der Waals surface area contributed by atoms with Gasteiger partial charge in [0.1, 0.15) is 0 Å². The van der Waals surface area contributed by atoms with Crippen molar-refractivity contribution < 1.29 is 5.11 Å². The molecule has 0 aliphatic carbocycles. The van der Waals surface area contributed by atoms with E-state index in [2.05, 4.69) is 5.10 Å². The number of nitrogens with zero attached hydrogens (tertiary/aromatic N) is 2. The Morgan fingerprint density at radius 1 is 1.64 bits per heavy atom. The second kappa shape index (κ2) is 4.10. The van der Waals surface area contributed by atoms with Gasteiger partial charge in [0.25, 0.3) is 0 Å². The van der Waals surface area contributed by atoms with Crippen LogP contribution >= 0.6 is 0 Å². The molecule has 0 aromatic carbocycles. The van der Waals surface area contributed by atoms with Crippen LogP contribution in [0.4, 0.5) is 0 Å². The Bertz CT molecular complexity index is 209. The van der Waals surface area contributed by atoms with Gasteiger partial charge < -0.3 is 10.8 Å². The van der Waals surface area contributed by atoms with Crippen molar-refractivity contribution in [1.82, 2.24) is 9.78 Å². The molecule has 0 bridgehead atoms. The van der Waals surface area contributed by atoms with Crippen LogP contribution in [0, 0.1) is 0 Å². The van der Waals surface area contributed by atoms with Gasteiger partial charge >= 0.3 is 0 Å². The van der Waals surface area contributed by atoms with Gasteiger partial charge in [-0.15, -0.1) is 0 Å². The largest absolute Gasteiger partial charge is 0.396 e. The van der Waals surface area contributed by atoms with Gasteiger partial charge in [0.15, 0.2) is 0 Å². The summed E-state index contributed by atoms with van der Waals surface area (Å²) in [7, 11) is 0. The van der Waals surface area contributed by atoms with Crippen molar-refractivity contribution in [2.24, 2.45) is 5.73 Å². The lowest BCUT2D eigenvalue weighted by Gasteiger charge is -1.96. The molecule has 0 atom stereocenters. The standard InChI is InChI=1S/C7H13N3O/c8-4-7-5-9-10(6-7)2-1-3-11/h5-6,11H,1-4,8H2. The van der Waals surface area contributed by atoms with E-state index in [-0.39, 0.29) is 6.61 Å². The highest BCUT2D eigenvalue weighted by Gasteiger charge is 1.94. The second-order valence-corrected chi connectivity index (χ2v) is 2.39. The summed E-state index contributed by atoms with van der Waals surface area (Å²) in [6, 6.07) is 0. The van der Waals surface area contributed by atoms with Gasteiger partial charge in [-0.3, -0.25) is 4.68 Å². The molecular formula is C7H13N3O. The van der Waals surface area contributed by atoms with Crippen LogP contribution in [-0.2, 0) is 13.1 Å². The lowest BCUT2D eigenvalue weighted by molar-refractivity contribution is 0.277. The molecule has 0 spiro atoms. The Morgan fingerprint density at radius 2 is 2.45 bits per heavy atom. The zero-order valence-corrected chi connectivity index (χ0v) is 6.40. The van der Waals surface area contributed by atoms with Gasteiger partial charge in [0.05, 0.1) is 6.20 Å². The predicted molar refractivity (Wildman–Crippen MR) is 41.8 cm³/mol. The highest BCUT2D eigenvalue weighted by Crippen LogP contribution is 1.96. The minimum Gasteiger partial charge on any atom is -0.396 e. The van der Waals surface area contributed by atoms with E-state index in [1.165, 1.54) is 0 Å². The molecule has 0 amide bonds. The Labute approximate surface area is 65.6 Å². The molecule has 0 saturated carbocycles. The smallest absolute Gasteiger partial charge is 0.0534 e. The summed E-state index contributed by atoms with van der Waals surface area (Å²) in [4.78, 5) is 0.